The molecule has 0 radical (unpaired) electrons. The maximum atomic E-state index is 6.84. The van der Waals surface area contributed by atoms with Crippen LogP contribution in [0.15, 0.2) is 192 Å². The molecule has 0 N–H and O–H groups in total. The lowest BCUT2D eigenvalue weighted by Crippen LogP contribution is -2.00. The van der Waals surface area contributed by atoms with Crippen molar-refractivity contribution in [2.24, 2.45) is 0 Å². The summed E-state index contributed by atoms with van der Waals surface area (Å²) in [6.07, 6.45) is 0. The lowest BCUT2D eigenvalue weighted by atomic mass is 9.94. The van der Waals surface area contributed by atoms with Crippen LogP contribution in [-0.2, 0) is 0 Å². The number of aromatic nitrogens is 3. The van der Waals surface area contributed by atoms with Crippen molar-refractivity contribution in [3.8, 4) is 67.5 Å². The monoisotopic (exact) mass is 733 g/mol. The second-order valence-corrected chi connectivity index (χ2v) is 15.0. The molecule has 3 heterocycles. The van der Waals surface area contributed by atoms with E-state index in [4.69, 9.17) is 19.4 Å². The van der Waals surface area contributed by atoms with Crippen LogP contribution in [0.3, 0.4) is 0 Å². The molecule has 0 fully saturated rings. The Hall–Kier alpha value is -7.21. The van der Waals surface area contributed by atoms with Crippen LogP contribution in [0.2, 0.25) is 0 Å². The number of thiophene rings is 1. The average molecular weight is 734 g/mol. The van der Waals surface area contributed by atoms with Crippen molar-refractivity contribution in [3.63, 3.8) is 0 Å². The third-order valence-electron chi connectivity index (χ3n) is 10.5. The maximum absolute atomic E-state index is 6.84. The molecule has 4 nitrogen and oxygen atoms in total. The van der Waals surface area contributed by atoms with Crippen molar-refractivity contribution >= 4 is 53.4 Å². The van der Waals surface area contributed by atoms with Gasteiger partial charge < -0.3 is 4.42 Å². The number of para-hydroxylation sites is 1. The van der Waals surface area contributed by atoms with Gasteiger partial charge in [-0.15, -0.1) is 11.3 Å². The molecule has 8 aromatic carbocycles. The fourth-order valence-electron chi connectivity index (χ4n) is 7.89. The Morgan fingerprint density at radius 3 is 1.64 bits per heavy atom. The highest BCUT2D eigenvalue weighted by atomic mass is 32.1. The molecule has 262 valence electrons. The van der Waals surface area contributed by atoms with Gasteiger partial charge in [-0.25, -0.2) is 15.0 Å². The Kier molecular flexibility index (Phi) is 7.64. The number of rotatable bonds is 6. The summed E-state index contributed by atoms with van der Waals surface area (Å²) >= 11 is 1.86. The van der Waals surface area contributed by atoms with E-state index in [9.17, 15) is 0 Å². The van der Waals surface area contributed by atoms with Gasteiger partial charge in [0.15, 0.2) is 17.5 Å². The summed E-state index contributed by atoms with van der Waals surface area (Å²) in [5.74, 6) is 1.90. The van der Waals surface area contributed by atoms with Crippen molar-refractivity contribution in [2.45, 2.75) is 0 Å². The van der Waals surface area contributed by atoms with E-state index in [1.54, 1.807) is 0 Å². The fourth-order valence-corrected chi connectivity index (χ4v) is 9.11. The molecule has 0 bridgehead atoms. The standard InChI is InChI=1S/C51H31N3OS/c1-4-15-32(16-5-1)42-30-37(31-43-40-23-10-11-28-45(40)56-48(42)43)39-25-13-26-41-46-38(24-14-27-44(46)55-47(39)41)35-21-12-22-36(29-35)51-53-49(33-17-6-2-7-18-33)52-50(54-51)34-19-8-3-9-20-34/h1-31H. The molecule has 0 saturated carbocycles. The first kappa shape index (κ1) is 32.2. The van der Waals surface area contributed by atoms with E-state index in [1.165, 1.54) is 31.3 Å². The van der Waals surface area contributed by atoms with Gasteiger partial charge in [0.25, 0.3) is 0 Å². The maximum Gasteiger partial charge on any atom is 0.164 e. The second-order valence-electron chi connectivity index (χ2n) is 13.9. The van der Waals surface area contributed by atoms with Gasteiger partial charge >= 0.3 is 0 Å². The van der Waals surface area contributed by atoms with Crippen molar-refractivity contribution in [2.75, 3.05) is 0 Å². The van der Waals surface area contributed by atoms with Crippen LogP contribution in [0, 0.1) is 0 Å². The van der Waals surface area contributed by atoms with Gasteiger partial charge in [-0.1, -0.05) is 158 Å². The Morgan fingerprint density at radius 2 is 0.911 bits per heavy atom. The number of furan rings is 1. The molecule has 5 heteroatoms. The number of hydrogen-bond donors (Lipinski definition) is 0. The zero-order valence-corrected chi connectivity index (χ0v) is 30.9. The molecule has 56 heavy (non-hydrogen) atoms. The molecule has 0 unspecified atom stereocenters. The largest absolute Gasteiger partial charge is 0.455 e. The van der Waals surface area contributed by atoms with Crippen molar-refractivity contribution in [3.05, 3.63) is 188 Å². The lowest BCUT2D eigenvalue weighted by Gasteiger charge is -2.10. The summed E-state index contributed by atoms with van der Waals surface area (Å²) in [6, 6.07) is 65.6. The van der Waals surface area contributed by atoms with Crippen LogP contribution in [0.1, 0.15) is 0 Å². The smallest absolute Gasteiger partial charge is 0.164 e. The highest BCUT2D eigenvalue weighted by Gasteiger charge is 2.20. The Bertz CT molecular complexity index is 3180. The summed E-state index contributed by atoms with van der Waals surface area (Å²) < 4.78 is 9.42. The minimum Gasteiger partial charge on any atom is -0.455 e. The predicted octanol–water partition coefficient (Wildman–Crippen LogP) is 14.1. The van der Waals surface area contributed by atoms with Gasteiger partial charge in [-0.05, 0) is 52.6 Å². The molecule has 0 saturated heterocycles. The van der Waals surface area contributed by atoms with Crippen molar-refractivity contribution in [1.82, 2.24) is 15.0 Å². The Balaban J connectivity index is 1.08. The van der Waals surface area contributed by atoms with Crippen LogP contribution >= 0.6 is 11.3 Å². The van der Waals surface area contributed by atoms with Gasteiger partial charge in [0.05, 0.1) is 0 Å². The average Bonchev–Trinajstić information content (AvgIpc) is 3.86. The third kappa shape index (κ3) is 5.48. The van der Waals surface area contributed by atoms with Crippen LogP contribution < -0.4 is 0 Å². The van der Waals surface area contributed by atoms with Gasteiger partial charge in [0, 0.05) is 58.8 Å². The van der Waals surface area contributed by atoms with Gasteiger partial charge in [0.1, 0.15) is 11.2 Å². The highest BCUT2D eigenvalue weighted by molar-refractivity contribution is 7.26. The molecule has 0 spiro atoms. The van der Waals surface area contributed by atoms with Crippen LogP contribution in [0.4, 0.5) is 0 Å². The fraction of sp³-hybridized carbons (Fsp3) is 0. The van der Waals surface area contributed by atoms with Crippen molar-refractivity contribution in [1.29, 1.82) is 0 Å². The van der Waals surface area contributed by atoms with Gasteiger partial charge in [0.2, 0.25) is 0 Å². The summed E-state index contributed by atoms with van der Waals surface area (Å²) in [5.41, 5.74) is 11.3. The molecule has 3 aromatic heterocycles. The summed E-state index contributed by atoms with van der Waals surface area (Å²) in [5, 5.41) is 4.69. The first-order valence-electron chi connectivity index (χ1n) is 18.7. The Morgan fingerprint density at radius 1 is 0.357 bits per heavy atom. The summed E-state index contributed by atoms with van der Waals surface area (Å²) in [6.45, 7) is 0. The molecule has 0 amide bonds. The Labute approximate surface area is 327 Å². The van der Waals surface area contributed by atoms with E-state index in [2.05, 4.69) is 127 Å². The van der Waals surface area contributed by atoms with Crippen LogP contribution in [0.25, 0.3) is 110 Å². The third-order valence-corrected chi connectivity index (χ3v) is 11.7. The molecular formula is C51H31N3OS. The molecule has 11 aromatic rings. The van der Waals surface area contributed by atoms with Gasteiger partial charge in [-0.2, -0.15) is 0 Å². The number of nitrogens with zero attached hydrogens (tertiary/aromatic N) is 3. The van der Waals surface area contributed by atoms with E-state index in [0.717, 1.165) is 60.9 Å². The van der Waals surface area contributed by atoms with E-state index < -0.39 is 0 Å². The van der Waals surface area contributed by atoms with E-state index >= 15 is 0 Å². The normalized spacial score (nSPS) is 11.6. The van der Waals surface area contributed by atoms with Gasteiger partial charge in [-0.3, -0.25) is 0 Å². The lowest BCUT2D eigenvalue weighted by molar-refractivity contribution is 0.670. The predicted molar refractivity (Wildman–Crippen MR) is 233 cm³/mol. The van der Waals surface area contributed by atoms with E-state index in [1.807, 2.05) is 72.0 Å². The quantitative estimate of drug-likeness (QED) is 0.171. The van der Waals surface area contributed by atoms with Crippen LogP contribution in [-0.4, -0.2) is 15.0 Å². The molecule has 0 aliphatic rings. The van der Waals surface area contributed by atoms with Crippen molar-refractivity contribution < 1.29 is 4.42 Å². The van der Waals surface area contributed by atoms with Crippen LogP contribution in [0.5, 0.6) is 0 Å². The summed E-state index contributed by atoms with van der Waals surface area (Å²) in [4.78, 5) is 14.9. The molecule has 11 rings (SSSR count). The molecule has 0 aliphatic heterocycles. The first-order chi connectivity index (χ1) is 27.7. The minimum atomic E-state index is 0.622. The second kappa shape index (κ2) is 13.3. The SMILES string of the molecule is c1ccc(-c2nc(-c3ccccc3)nc(-c3cccc(-c4cccc5oc6c(-c7cc(-c8ccccc8)c8sc9ccccc9c8c7)cccc6c45)c3)n2)cc1. The zero-order valence-electron chi connectivity index (χ0n) is 30.1. The molecule has 0 aliphatic carbocycles. The molecular weight excluding hydrogens is 703 g/mol. The summed E-state index contributed by atoms with van der Waals surface area (Å²) in [7, 11) is 0. The van der Waals surface area contributed by atoms with E-state index in [0.29, 0.717) is 17.5 Å². The molecule has 0 atom stereocenters. The topological polar surface area (TPSA) is 51.8 Å². The number of fused-ring (bicyclic) bond motifs is 6. The minimum absolute atomic E-state index is 0.622. The van der Waals surface area contributed by atoms with E-state index in [-0.39, 0.29) is 0 Å². The zero-order chi connectivity index (χ0) is 37.0. The number of benzene rings is 8. The number of hydrogen-bond acceptors (Lipinski definition) is 5. The highest BCUT2D eigenvalue weighted by Crippen LogP contribution is 2.46. The first-order valence-corrected chi connectivity index (χ1v) is 19.5.